The lowest BCUT2D eigenvalue weighted by Crippen LogP contribution is -2.33. The second-order valence-corrected chi connectivity index (χ2v) is 5.39. The summed E-state index contributed by atoms with van der Waals surface area (Å²) in [6.07, 6.45) is 8.92. The summed E-state index contributed by atoms with van der Waals surface area (Å²) in [5.74, 6) is -1.31. The lowest BCUT2D eigenvalue weighted by molar-refractivity contribution is -0.115. The maximum atomic E-state index is 8.70. The molecule has 106 valence electrons. The SMILES string of the molecule is CC(C)(C1=CCC(OC#N)(OC#N)C=C1)c1ccccc1. The molecule has 0 saturated heterocycles. The first-order valence-electron chi connectivity index (χ1n) is 6.64. The van der Waals surface area contributed by atoms with Crippen LogP contribution in [0.25, 0.3) is 0 Å². The molecule has 4 nitrogen and oxygen atoms in total. The smallest absolute Gasteiger partial charge is 0.298 e. The van der Waals surface area contributed by atoms with Crippen molar-refractivity contribution in [2.75, 3.05) is 0 Å². The Bertz CT molecular complexity index is 630. The summed E-state index contributed by atoms with van der Waals surface area (Å²) >= 11 is 0. The van der Waals surface area contributed by atoms with Crippen LogP contribution in [0.4, 0.5) is 0 Å². The van der Waals surface area contributed by atoms with E-state index in [0.717, 1.165) is 5.57 Å². The van der Waals surface area contributed by atoms with Crippen molar-refractivity contribution in [1.82, 2.24) is 0 Å². The Morgan fingerprint density at radius 2 is 1.71 bits per heavy atom. The van der Waals surface area contributed by atoms with Crippen LogP contribution >= 0.6 is 0 Å². The van der Waals surface area contributed by atoms with Crippen LogP contribution in [-0.4, -0.2) is 5.79 Å². The monoisotopic (exact) mass is 280 g/mol. The van der Waals surface area contributed by atoms with Crippen molar-refractivity contribution in [1.29, 1.82) is 10.5 Å². The number of hydrogen-bond donors (Lipinski definition) is 0. The van der Waals surface area contributed by atoms with Crippen LogP contribution < -0.4 is 0 Å². The lowest BCUT2D eigenvalue weighted by Gasteiger charge is -2.32. The molecule has 0 unspecified atom stereocenters. The van der Waals surface area contributed by atoms with Gasteiger partial charge in [0.15, 0.2) is 0 Å². The molecule has 1 aliphatic carbocycles. The van der Waals surface area contributed by atoms with E-state index in [1.165, 1.54) is 5.56 Å². The molecule has 4 heteroatoms. The van der Waals surface area contributed by atoms with Crippen LogP contribution in [0.5, 0.6) is 0 Å². The van der Waals surface area contributed by atoms with E-state index in [9.17, 15) is 0 Å². The Kier molecular flexibility index (Phi) is 4.00. The Balaban J connectivity index is 2.26. The summed E-state index contributed by atoms with van der Waals surface area (Å²) in [6.45, 7) is 4.25. The van der Waals surface area contributed by atoms with E-state index in [4.69, 9.17) is 20.0 Å². The Morgan fingerprint density at radius 3 is 2.19 bits per heavy atom. The van der Waals surface area contributed by atoms with Crippen LogP contribution in [0.3, 0.4) is 0 Å². The highest BCUT2D eigenvalue weighted by molar-refractivity contribution is 5.42. The minimum Gasteiger partial charge on any atom is -0.377 e. The Morgan fingerprint density at radius 1 is 1.10 bits per heavy atom. The highest BCUT2D eigenvalue weighted by Gasteiger charge is 2.36. The fourth-order valence-corrected chi connectivity index (χ4v) is 2.42. The molecule has 0 aromatic heterocycles. The van der Waals surface area contributed by atoms with Crippen molar-refractivity contribution in [2.45, 2.75) is 31.5 Å². The number of nitrogens with zero attached hydrogens (tertiary/aromatic N) is 2. The van der Waals surface area contributed by atoms with Gasteiger partial charge in [0.05, 0.1) is 0 Å². The van der Waals surface area contributed by atoms with Crippen molar-refractivity contribution in [3.63, 3.8) is 0 Å². The van der Waals surface area contributed by atoms with Crippen molar-refractivity contribution in [3.8, 4) is 12.5 Å². The van der Waals surface area contributed by atoms with Crippen LogP contribution in [0, 0.1) is 23.0 Å². The third kappa shape index (κ3) is 2.90. The molecule has 1 aliphatic rings. The molecule has 21 heavy (non-hydrogen) atoms. The predicted octanol–water partition coefficient (Wildman–Crippen LogP) is 3.54. The minimum absolute atomic E-state index is 0.177. The second-order valence-electron chi connectivity index (χ2n) is 5.39. The van der Waals surface area contributed by atoms with Gasteiger partial charge in [-0.05, 0) is 11.1 Å². The van der Waals surface area contributed by atoms with Gasteiger partial charge in [-0.2, -0.15) is 10.5 Å². The zero-order chi connectivity index (χ0) is 15.3. The topological polar surface area (TPSA) is 66.0 Å². The number of benzene rings is 1. The molecule has 0 bridgehead atoms. The summed E-state index contributed by atoms with van der Waals surface area (Å²) in [7, 11) is 0. The highest BCUT2D eigenvalue weighted by Crippen LogP contribution is 2.37. The standard InChI is InChI=1S/C17H16N2O2/c1-16(2,14-6-4-3-5-7-14)15-8-10-17(11-9-15,20-12-18)21-13-19/h3-10H,11H2,1-2H3. The number of nitriles is 2. The maximum Gasteiger partial charge on any atom is 0.298 e. The number of ether oxygens (including phenoxy) is 2. The van der Waals surface area contributed by atoms with Crippen molar-refractivity contribution in [2.24, 2.45) is 0 Å². The van der Waals surface area contributed by atoms with Crippen molar-refractivity contribution < 1.29 is 9.47 Å². The van der Waals surface area contributed by atoms with Gasteiger partial charge < -0.3 is 9.47 Å². The van der Waals surface area contributed by atoms with Gasteiger partial charge in [-0.3, -0.25) is 0 Å². The molecule has 0 atom stereocenters. The molecule has 0 spiro atoms. The second kappa shape index (κ2) is 5.73. The van der Waals surface area contributed by atoms with Gasteiger partial charge in [0.25, 0.3) is 18.3 Å². The first kappa shape index (κ1) is 14.7. The van der Waals surface area contributed by atoms with Crippen LogP contribution in [0.2, 0.25) is 0 Å². The average Bonchev–Trinajstić information content (AvgIpc) is 2.49. The molecule has 0 N–H and O–H groups in total. The summed E-state index contributed by atoms with van der Waals surface area (Å²) in [5, 5.41) is 17.4. The average molecular weight is 280 g/mol. The van der Waals surface area contributed by atoms with Crippen LogP contribution in [0.1, 0.15) is 25.8 Å². The zero-order valence-electron chi connectivity index (χ0n) is 12.0. The predicted molar refractivity (Wildman–Crippen MR) is 77.4 cm³/mol. The molecule has 0 heterocycles. The van der Waals surface area contributed by atoms with E-state index in [0.29, 0.717) is 6.42 Å². The minimum atomic E-state index is -1.31. The molecular weight excluding hydrogens is 264 g/mol. The quantitative estimate of drug-likeness (QED) is 0.625. The van der Waals surface area contributed by atoms with Crippen LogP contribution in [-0.2, 0) is 14.9 Å². The zero-order valence-corrected chi connectivity index (χ0v) is 12.0. The van der Waals surface area contributed by atoms with E-state index in [-0.39, 0.29) is 5.41 Å². The van der Waals surface area contributed by atoms with Gasteiger partial charge in [-0.15, -0.1) is 0 Å². The van der Waals surface area contributed by atoms with E-state index in [1.807, 2.05) is 30.4 Å². The largest absolute Gasteiger partial charge is 0.377 e. The normalized spacial score (nSPS) is 16.3. The first-order chi connectivity index (χ1) is 10.0. The molecule has 0 amide bonds. The summed E-state index contributed by atoms with van der Waals surface area (Å²) in [6, 6.07) is 10.2. The molecule has 0 saturated carbocycles. The first-order valence-corrected chi connectivity index (χ1v) is 6.64. The van der Waals surface area contributed by atoms with Gasteiger partial charge in [0.2, 0.25) is 0 Å². The molecular formula is C17H16N2O2. The van der Waals surface area contributed by atoms with Gasteiger partial charge in [-0.25, -0.2) is 0 Å². The van der Waals surface area contributed by atoms with Crippen molar-refractivity contribution >= 4 is 0 Å². The lowest BCUT2D eigenvalue weighted by atomic mass is 9.75. The van der Waals surface area contributed by atoms with E-state index >= 15 is 0 Å². The maximum absolute atomic E-state index is 8.70. The van der Waals surface area contributed by atoms with Gasteiger partial charge in [-0.1, -0.05) is 56.3 Å². The fraction of sp³-hybridized carbons (Fsp3) is 0.294. The summed E-state index contributed by atoms with van der Waals surface area (Å²) < 4.78 is 9.81. The van der Waals surface area contributed by atoms with Gasteiger partial charge in [0.1, 0.15) is 0 Å². The molecule has 1 aromatic carbocycles. The Hall–Kier alpha value is -2.72. The third-order valence-electron chi connectivity index (χ3n) is 3.78. The van der Waals surface area contributed by atoms with E-state index < -0.39 is 5.79 Å². The summed E-state index contributed by atoms with van der Waals surface area (Å²) in [5.41, 5.74) is 2.10. The molecule has 0 fully saturated rings. The van der Waals surface area contributed by atoms with E-state index in [2.05, 4.69) is 26.0 Å². The summed E-state index contributed by atoms with van der Waals surface area (Å²) in [4.78, 5) is 0. The fourth-order valence-electron chi connectivity index (χ4n) is 2.42. The molecule has 0 radical (unpaired) electrons. The van der Waals surface area contributed by atoms with Crippen molar-refractivity contribution in [3.05, 3.63) is 59.7 Å². The molecule has 1 aromatic rings. The number of rotatable bonds is 4. The van der Waals surface area contributed by atoms with Crippen LogP contribution in [0.15, 0.2) is 54.1 Å². The third-order valence-corrected chi connectivity index (χ3v) is 3.78. The molecule has 2 rings (SSSR count). The van der Waals surface area contributed by atoms with Gasteiger partial charge >= 0.3 is 0 Å². The van der Waals surface area contributed by atoms with Gasteiger partial charge in [0, 0.05) is 17.9 Å². The Labute approximate surface area is 124 Å². The number of hydrogen-bond acceptors (Lipinski definition) is 4. The number of allylic oxidation sites excluding steroid dienone is 2. The highest BCUT2D eigenvalue weighted by atomic mass is 16.7. The molecule has 0 aliphatic heterocycles. The van der Waals surface area contributed by atoms with E-state index in [1.54, 1.807) is 18.6 Å².